The molecule has 2 rings (SSSR count). The number of aromatic carboxylic acids is 1. The number of hydrogen-bond donors (Lipinski definition) is 2. The Morgan fingerprint density at radius 3 is 2.30 bits per heavy atom. The van der Waals surface area contributed by atoms with Gasteiger partial charge < -0.3 is 10.4 Å². The first-order chi connectivity index (χ1) is 9.49. The highest BCUT2D eigenvalue weighted by atomic mass is 127. The molecule has 0 aromatic heterocycles. The lowest BCUT2D eigenvalue weighted by Gasteiger charge is -2.11. The maximum absolute atomic E-state index is 12.1. The molecule has 0 fully saturated rings. The van der Waals surface area contributed by atoms with Gasteiger partial charge in [0.25, 0.3) is 5.91 Å². The number of anilines is 1. The first-order valence-corrected chi connectivity index (χ1v) is 7.73. The van der Waals surface area contributed by atoms with E-state index < -0.39 is 5.97 Å². The van der Waals surface area contributed by atoms with Crippen molar-refractivity contribution < 1.29 is 14.7 Å². The summed E-state index contributed by atoms with van der Waals surface area (Å²) in [6.45, 7) is 0. The molecule has 0 spiro atoms. The fourth-order valence-corrected chi connectivity index (χ4v) is 3.62. The Balaban J connectivity index is 2.39. The van der Waals surface area contributed by atoms with E-state index in [1.54, 1.807) is 24.3 Å². The van der Waals surface area contributed by atoms with Gasteiger partial charge in [-0.25, -0.2) is 4.79 Å². The molecule has 0 radical (unpaired) electrons. The molecule has 2 aromatic carbocycles. The third-order valence-electron chi connectivity index (χ3n) is 2.56. The van der Waals surface area contributed by atoms with E-state index in [-0.39, 0.29) is 11.5 Å². The molecule has 1 amide bonds. The Labute approximate surface area is 142 Å². The summed E-state index contributed by atoms with van der Waals surface area (Å²) in [5.74, 6) is -1.39. The van der Waals surface area contributed by atoms with Gasteiger partial charge in [-0.3, -0.25) is 4.79 Å². The summed E-state index contributed by atoms with van der Waals surface area (Å²) in [4.78, 5) is 23.4. The van der Waals surface area contributed by atoms with Crippen molar-refractivity contribution in [3.8, 4) is 0 Å². The number of amides is 1. The van der Waals surface area contributed by atoms with Crippen molar-refractivity contribution in [2.45, 2.75) is 0 Å². The number of carbonyl (C=O) groups is 2. The number of rotatable bonds is 3. The zero-order valence-electron chi connectivity index (χ0n) is 10.1. The smallest absolute Gasteiger partial charge is 0.337 e. The molecule has 2 aromatic rings. The van der Waals surface area contributed by atoms with E-state index >= 15 is 0 Å². The van der Waals surface area contributed by atoms with Crippen LogP contribution < -0.4 is 5.32 Å². The quantitative estimate of drug-likeness (QED) is 0.640. The van der Waals surface area contributed by atoms with Gasteiger partial charge in [0.2, 0.25) is 0 Å². The standard InChI is InChI=1S/C14H9I2NO3/c15-9-6-10(14(19)20)12(11(16)7-9)17-13(18)8-4-2-1-3-5-8/h1-7H,(H,17,18)(H,19,20). The Kier molecular flexibility index (Phi) is 4.97. The van der Waals surface area contributed by atoms with Gasteiger partial charge in [-0.15, -0.1) is 0 Å². The zero-order valence-corrected chi connectivity index (χ0v) is 14.4. The summed E-state index contributed by atoms with van der Waals surface area (Å²) in [5.41, 5.74) is 0.899. The van der Waals surface area contributed by atoms with E-state index in [4.69, 9.17) is 0 Å². The summed E-state index contributed by atoms with van der Waals surface area (Å²) < 4.78 is 1.50. The van der Waals surface area contributed by atoms with Crippen molar-refractivity contribution in [1.82, 2.24) is 0 Å². The van der Waals surface area contributed by atoms with Crippen LogP contribution in [0.5, 0.6) is 0 Å². The summed E-state index contributed by atoms with van der Waals surface area (Å²) in [6.07, 6.45) is 0. The number of hydrogen-bond acceptors (Lipinski definition) is 2. The van der Waals surface area contributed by atoms with E-state index in [1.165, 1.54) is 6.07 Å². The number of nitrogens with one attached hydrogen (secondary N) is 1. The number of carbonyl (C=O) groups excluding carboxylic acids is 1. The van der Waals surface area contributed by atoms with Crippen LogP contribution in [0.15, 0.2) is 42.5 Å². The molecular formula is C14H9I2NO3. The highest BCUT2D eigenvalue weighted by molar-refractivity contribution is 14.1. The van der Waals surface area contributed by atoms with Gasteiger partial charge in [0.1, 0.15) is 0 Å². The van der Waals surface area contributed by atoms with Gasteiger partial charge >= 0.3 is 5.97 Å². The van der Waals surface area contributed by atoms with Crippen molar-refractivity contribution in [3.05, 3.63) is 60.7 Å². The maximum atomic E-state index is 12.1. The predicted molar refractivity (Wildman–Crippen MR) is 93.2 cm³/mol. The van der Waals surface area contributed by atoms with Crippen molar-refractivity contribution in [3.63, 3.8) is 0 Å². The van der Waals surface area contributed by atoms with E-state index in [9.17, 15) is 14.7 Å². The van der Waals surface area contributed by atoms with E-state index in [0.29, 0.717) is 14.8 Å². The number of carboxylic acid groups (broad SMARTS) is 1. The van der Waals surface area contributed by atoms with E-state index in [2.05, 4.69) is 5.32 Å². The third-order valence-corrected chi connectivity index (χ3v) is 4.03. The Bertz CT molecular complexity index is 672. The molecule has 0 bridgehead atoms. The molecular weight excluding hydrogens is 484 g/mol. The monoisotopic (exact) mass is 493 g/mol. The largest absolute Gasteiger partial charge is 0.478 e. The number of halogens is 2. The van der Waals surface area contributed by atoms with Crippen LogP contribution in [-0.2, 0) is 0 Å². The summed E-state index contributed by atoms with van der Waals surface area (Å²) in [7, 11) is 0. The molecule has 0 saturated carbocycles. The van der Waals surface area contributed by atoms with Crippen molar-refractivity contribution in [2.24, 2.45) is 0 Å². The Hall–Kier alpha value is -1.16. The van der Waals surface area contributed by atoms with Crippen LogP contribution in [0.1, 0.15) is 20.7 Å². The number of carboxylic acids is 1. The van der Waals surface area contributed by atoms with Crippen molar-refractivity contribution in [2.75, 3.05) is 5.32 Å². The minimum atomic E-state index is -1.07. The summed E-state index contributed by atoms with van der Waals surface area (Å²) in [6, 6.07) is 12.0. The van der Waals surface area contributed by atoms with Gasteiger partial charge in [-0.05, 0) is 69.4 Å². The van der Waals surface area contributed by atoms with Gasteiger partial charge in [-0.2, -0.15) is 0 Å². The molecule has 0 saturated heterocycles. The lowest BCUT2D eigenvalue weighted by Crippen LogP contribution is -2.16. The van der Waals surface area contributed by atoms with E-state index in [0.717, 1.165) is 3.57 Å². The normalized spacial score (nSPS) is 10.1. The fourth-order valence-electron chi connectivity index (χ4n) is 1.64. The minimum Gasteiger partial charge on any atom is -0.478 e. The SMILES string of the molecule is O=C(Nc1c(I)cc(I)cc1C(=O)O)c1ccccc1. The van der Waals surface area contributed by atoms with Gasteiger partial charge in [0.15, 0.2) is 0 Å². The molecule has 0 atom stereocenters. The van der Waals surface area contributed by atoms with Crippen LogP contribution >= 0.6 is 45.2 Å². The average molecular weight is 493 g/mol. The first-order valence-electron chi connectivity index (χ1n) is 5.58. The van der Waals surface area contributed by atoms with Crippen LogP contribution in [0.2, 0.25) is 0 Å². The van der Waals surface area contributed by atoms with Gasteiger partial charge in [0, 0.05) is 12.7 Å². The molecule has 6 heteroatoms. The average Bonchev–Trinajstić information content (AvgIpc) is 2.42. The molecule has 0 aliphatic rings. The summed E-state index contributed by atoms with van der Waals surface area (Å²) in [5, 5.41) is 11.9. The third kappa shape index (κ3) is 3.48. The lowest BCUT2D eigenvalue weighted by atomic mass is 10.1. The second-order valence-electron chi connectivity index (χ2n) is 3.94. The van der Waals surface area contributed by atoms with Crippen LogP contribution in [0.25, 0.3) is 0 Å². The summed E-state index contributed by atoms with van der Waals surface area (Å²) >= 11 is 4.06. The van der Waals surface area contributed by atoms with Gasteiger partial charge in [-0.1, -0.05) is 18.2 Å². The molecule has 20 heavy (non-hydrogen) atoms. The highest BCUT2D eigenvalue weighted by Gasteiger charge is 2.17. The molecule has 4 nitrogen and oxygen atoms in total. The molecule has 102 valence electrons. The Morgan fingerprint density at radius 2 is 1.70 bits per heavy atom. The van der Waals surface area contributed by atoms with Crippen LogP contribution in [0.3, 0.4) is 0 Å². The van der Waals surface area contributed by atoms with Gasteiger partial charge in [0.05, 0.1) is 11.3 Å². The second-order valence-corrected chi connectivity index (χ2v) is 6.34. The molecule has 0 aliphatic carbocycles. The van der Waals surface area contributed by atoms with Crippen LogP contribution in [0, 0.1) is 7.14 Å². The molecule has 0 heterocycles. The first kappa shape index (κ1) is 15.2. The van der Waals surface area contributed by atoms with Crippen LogP contribution in [-0.4, -0.2) is 17.0 Å². The topological polar surface area (TPSA) is 66.4 Å². The van der Waals surface area contributed by atoms with Crippen molar-refractivity contribution in [1.29, 1.82) is 0 Å². The maximum Gasteiger partial charge on any atom is 0.337 e. The highest BCUT2D eigenvalue weighted by Crippen LogP contribution is 2.26. The van der Waals surface area contributed by atoms with Crippen molar-refractivity contribution >= 4 is 62.7 Å². The Morgan fingerprint density at radius 1 is 1.05 bits per heavy atom. The zero-order chi connectivity index (χ0) is 14.7. The molecule has 0 unspecified atom stereocenters. The second kappa shape index (κ2) is 6.53. The fraction of sp³-hybridized carbons (Fsp3) is 0. The molecule has 0 aliphatic heterocycles. The molecule has 2 N–H and O–H groups in total. The minimum absolute atomic E-state index is 0.0885. The number of benzene rings is 2. The lowest BCUT2D eigenvalue weighted by molar-refractivity contribution is 0.0698. The van der Waals surface area contributed by atoms with E-state index in [1.807, 2.05) is 57.3 Å². The predicted octanol–water partition coefficient (Wildman–Crippen LogP) is 3.85. The van der Waals surface area contributed by atoms with Crippen LogP contribution in [0.4, 0.5) is 5.69 Å².